The maximum absolute atomic E-state index is 10.9. The van der Waals surface area contributed by atoms with Crippen LogP contribution in [0.4, 0.5) is 0 Å². The smallest absolute Gasteiger partial charge is 0.330 e. The number of phenolic OH excluding ortho intramolecular Hbond substituents is 1. The Morgan fingerprint density at radius 3 is 1.56 bits per heavy atom. The Morgan fingerprint density at radius 2 is 1.28 bits per heavy atom. The molecule has 0 heterocycles. The van der Waals surface area contributed by atoms with E-state index in [2.05, 4.69) is 0 Å². The lowest BCUT2D eigenvalue weighted by Crippen LogP contribution is -1.95. The van der Waals surface area contributed by atoms with Gasteiger partial charge >= 0.3 is 15.2 Å². The van der Waals surface area contributed by atoms with Crippen LogP contribution in [-0.2, 0) is 21.5 Å². The van der Waals surface area contributed by atoms with E-state index in [1.165, 1.54) is 12.1 Å². The summed E-state index contributed by atoms with van der Waals surface area (Å²) >= 11 is 0. The molecule has 1 aromatic rings. The maximum Gasteiger partial charge on any atom is 0.330 e. The molecule has 0 saturated carbocycles. The van der Waals surface area contributed by atoms with Gasteiger partial charge in [-0.3, -0.25) is 9.13 Å². The van der Waals surface area contributed by atoms with Crippen LogP contribution in [0.1, 0.15) is 16.7 Å². The molecule has 0 aromatic heterocycles. The average Bonchev–Trinajstić information content (AvgIpc) is 2.07. The number of phenols is 1. The molecule has 0 aliphatic rings. The highest BCUT2D eigenvalue weighted by atomic mass is 31.2. The van der Waals surface area contributed by atoms with E-state index in [1.54, 1.807) is 6.92 Å². The Balaban J connectivity index is 3.22. The Labute approximate surface area is 103 Å². The second kappa shape index (κ2) is 5.13. The summed E-state index contributed by atoms with van der Waals surface area (Å²) in [6.45, 7) is 1.60. The fraction of sp³-hybridized carbons (Fsp3) is 0.333. The third kappa shape index (κ3) is 4.90. The highest BCUT2D eigenvalue weighted by Crippen LogP contribution is 2.46. The van der Waals surface area contributed by atoms with E-state index in [0.29, 0.717) is 5.56 Å². The van der Waals surface area contributed by atoms with Gasteiger partial charge in [-0.05, 0) is 6.92 Å². The molecule has 0 aliphatic heterocycles. The second-order valence-corrected chi connectivity index (χ2v) is 7.37. The first-order chi connectivity index (χ1) is 7.98. The summed E-state index contributed by atoms with van der Waals surface area (Å²) in [5, 5.41) is 9.75. The van der Waals surface area contributed by atoms with Crippen molar-refractivity contribution in [2.45, 2.75) is 19.2 Å². The summed E-state index contributed by atoms with van der Waals surface area (Å²) in [6.07, 6.45) is -1.34. The zero-order valence-electron chi connectivity index (χ0n) is 9.52. The van der Waals surface area contributed by atoms with Crippen LogP contribution in [0.2, 0.25) is 0 Å². The second-order valence-electron chi connectivity index (χ2n) is 4.08. The van der Waals surface area contributed by atoms with Crippen molar-refractivity contribution in [3.05, 3.63) is 28.8 Å². The molecule has 0 atom stereocenters. The van der Waals surface area contributed by atoms with Gasteiger partial charge in [-0.1, -0.05) is 17.7 Å². The van der Waals surface area contributed by atoms with Crippen LogP contribution in [0.3, 0.4) is 0 Å². The van der Waals surface area contributed by atoms with Gasteiger partial charge in [0.15, 0.2) is 0 Å². The van der Waals surface area contributed by atoms with Crippen LogP contribution in [0.5, 0.6) is 5.75 Å². The lowest BCUT2D eigenvalue weighted by molar-refractivity contribution is 0.369. The number of hydrogen-bond acceptors (Lipinski definition) is 3. The van der Waals surface area contributed by atoms with E-state index in [9.17, 15) is 14.2 Å². The molecule has 7 nitrogen and oxygen atoms in total. The fourth-order valence-electron chi connectivity index (χ4n) is 1.62. The number of benzene rings is 1. The Hall–Kier alpha value is -0.680. The third-order valence-corrected chi connectivity index (χ3v) is 3.67. The molecular weight excluding hydrogens is 282 g/mol. The number of rotatable bonds is 4. The van der Waals surface area contributed by atoms with E-state index in [1.807, 2.05) is 0 Å². The van der Waals surface area contributed by atoms with Crippen LogP contribution in [0, 0.1) is 6.92 Å². The Kier molecular flexibility index (Phi) is 4.38. The van der Waals surface area contributed by atoms with Crippen molar-refractivity contribution >= 4 is 15.2 Å². The molecule has 0 fully saturated rings. The molecule has 0 unspecified atom stereocenters. The normalized spacial score (nSPS) is 12.7. The molecule has 1 aromatic carbocycles. The van der Waals surface area contributed by atoms with Gasteiger partial charge in [-0.2, -0.15) is 0 Å². The monoisotopic (exact) mass is 296 g/mol. The van der Waals surface area contributed by atoms with Crippen molar-refractivity contribution in [2.24, 2.45) is 0 Å². The zero-order valence-corrected chi connectivity index (χ0v) is 11.3. The Morgan fingerprint density at radius 1 is 0.944 bits per heavy atom. The first kappa shape index (κ1) is 15.4. The van der Waals surface area contributed by atoms with Crippen molar-refractivity contribution in [2.75, 3.05) is 0 Å². The fourth-order valence-corrected chi connectivity index (χ4v) is 2.99. The van der Waals surface area contributed by atoms with Crippen molar-refractivity contribution in [1.29, 1.82) is 0 Å². The molecule has 0 amide bonds. The topological polar surface area (TPSA) is 135 Å². The summed E-state index contributed by atoms with van der Waals surface area (Å²) in [7, 11) is -8.72. The summed E-state index contributed by atoms with van der Waals surface area (Å²) in [6, 6.07) is 2.75. The first-order valence-electron chi connectivity index (χ1n) is 4.88. The number of aryl methyl sites for hydroxylation is 1. The van der Waals surface area contributed by atoms with Gasteiger partial charge in [0.1, 0.15) is 5.75 Å². The Bertz CT molecular complexity index is 497. The minimum absolute atomic E-state index is 0.0215. The van der Waals surface area contributed by atoms with E-state index >= 15 is 0 Å². The van der Waals surface area contributed by atoms with Gasteiger partial charge in [0.05, 0.1) is 12.3 Å². The van der Waals surface area contributed by atoms with Crippen LogP contribution in [-0.4, -0.2) is 24.7 Å². The largest absolute Gasteiger partial charge is 0.507 e. The molecule has 0 spiro atoms. The highest BCUT2D eigenvalue weighted by molar-refractivity contribution is 7.51. The quantitative estimate of drug-likeness (QED) is 0.524. The van der Waals surface area contributed by atoms with Crippen molar-refractivity contribution in [3.63, 3.8) is 0 Å². The summed E-state index contributed by atoms with van der Waals surface area (Å²) in [4.78, 5) is 35.4. The third-order valence-electron chi connectivity index (χ3n) is 2.16. The van der Waals surface area contributed by atoms with Crippen LogP contribution in [0.15, 0.2) is 12.1 Å². The molecule has 5 N–H and O–H groups in total. The maximum atomic E-state index is 10.9. The summed E-state index contributed by atoms with van der Waals surface area (Å²) in [5.41, 5.74) is 0.512. The molecule has 18 heavy (non-hydrogen) atoms. The molecule has 0 radical (unpaired) electrons. The average molecular weight is 296 g/mol. The predicted octanol–water partition coefficient (Wildman–Crippen LogP) is 1.06. The molecule has 0 aliphatic carbocycles. The van der Waals surface area contributed by atoms with Gasteiger partial charge in [0.2, 0.25) is 0 Å². The van der Waals surface area contributed by atoms with Crippen LogP contribution in [0.25, 0.3) is 0 Å². The van der Waals surface area contributed by atoms with Crippen molar-refractivity contribution < 1.29 is 33.8 Å². The lowest BCUT2D eigenvalue weighted by Gasteiger charge is -2.13. The van der Waals surface area contributed by atoms with E-state index < -0.39 is 33.3 Å². The highest BCUT2D eigenvalue weighted by Gasteiger charge is 2.22. The van der Waals surface area contributed by atoms with Gasteiger partial charge in [0, 0.05) is 11.1 Å². The first-order valence-corrected chi connectivity index (χ1v) is 8.48. The standard InChI is InChI=1S/C9H14O7P2/c1-6-2-7(4-17(11,12)13)9(10)8(3-6)5-18(14,15)16/h2-3,10H,4-5H2,1H3,(H2,11,12,13)(H2,14,15,16). The van der Waals surface area contributed by atoms with Gasteiger partial charge in [-0.25, -0.2) is 0 Å². The van der Waals surface area contributed by atoms with E-state index in [0.717, 1.165) is 0 Å². The molecule has 9 heteroatoms. The van der Waals surface area contributed by atoms with Crippen LogP contribution >= 0.6 is 15.2 Å². The SMILES string of the molecule is Cc1cc(CP(=O)(O)O)c(O)c(CP(=O)(O)O)c1. The van der Waals surface area contributed by atoms with E-state index in [4.69, 9.17) is 19.6 Å². The van der Waals surface area contributed by atoms with Crippen LogP contribution < -0.4 is 0 Å². The minimum atomic E-state index is -4.36. The molecule has 1 rings (SSSR count). The molecular formula is C9H14O7P2. The predicted molar refractivity (Wildman–Crippen MR) is 64.3 cm³/mol. The van der Waals surface area contributed by atoms with Gasteiger partial charge < -0.3 is 24.7 Å². The number of hydrogen-bond donors (Lipinski definition) is 5. The molecule has 0 bridgehead atoms. The van der Waals surface area contributed by atoms with Gasteiger partial charge in [0.25, 0.3) is 0 Å². The van der Waals surface area contributed by atoms with Crippen molar-refractivity contribution in [3.8, 4) is 5.75 Å². The minimum Gasteiger partial charge on any atom is -0.507 e. The number of aromatic hydroxyl groups is 1. The summed E-state index contributed by atoms with van der Waals surface area (Å²) in [5.74, 6) is -0.479. The zero-order chi connectivity index (χ0) is 14.1. The van der Waals surface area contributed by atoms with Crippen molar-refractivity contribution in [1.82, 2.24) is 0 Å². The lowest BCUT2D eigenvalue weighted by atomic mass is 10.1. The van der Waals surface area contributed by atoms with E-state index in [-0.39, 0.29) is 11.1 Å². The van der Waals surface area contributed by atoms with Gasteiger partial charge in [-0.15, -0.1) is 0 Å². The molecule has 102 valence electrons. The summed E-state index contributed by atoms with van der Waals surface area (Å²) < 4.78 is 21.8. The molecule has 0 saturated heterocycles.